The molecule has 0 radical (unpaired) electrons. The molecule has 0 aliphatic carbocycles. The minimum atomic E-state index is -0.747. The SMILES string of the molecule is C[C@@H](c1ccccc1Cl)N1C(=O)[C@H](NC(=O)OC(C)(C)C)Cc2ccc(Cl)cc21. The van der Waals surface area contributed by atoms with Crippen molar-refractivity contribution in [2.75, 3.05) is 4.90 Å². The van der Waals surface area contributed by atoms with Gasteiger partial charge in [-0.15, -0.1) is 0 Å². The molecule has 0 saturated carbocycles. The Balaban J connectivity index is 1.97. The number of ether oxygens (including phenoxy) is 1. The van der Waals surface area contributed by atoms with Crippen LogP contribution in [0, 0.1) is 0 Å². The fourth-order valence-electron chi connectivity index (χ4n) is 3.44. The Kier molecular flexibility index (Phi) is 6.11. The third-order valence-electron chi connectivity index (χ3n) is 4.70. The van der Waals surface area contributed by atoms with Crippen molar-refractivity contribution in [3.63, 3.8) is 0 Å². The number of benzene rings is 2. The van der Waals surface area contributed by atoms with Crippen LogP contribution >= 0.6 is 23.2 Å². The standard InChI is InChI=1S/C22H24Cl2N2O3/c1-13(16-7-5-6-8-17(16)24)26-19-12-15(23)10-9-14(19)11-18(20(26)27)25-21(28)29-22(2,3)4/h5-10,12-13,18H,11H2,1-4H3,(H,25,28)/t13-,18+/m0/s1. The van der Waals surface area contributed by atoms with Gasteiger partial charge in [0.25, 0.3) is 5.91 Å². The predicted molar refractivity (Wildman–Crippen MR) is 116 cm³/mol. The van der Waals surface area contributed by atoms with Crippen LogP contribution in [0.15, 0.2) is 42.5 Å². The van der Waals surface area contributed by atoms with Crippen LogP contribution in [-0.4, -0.2) is 23.6 Å². The summed E-state index contributed by atoms with van der Waals surface area (Å²) in [6.07, 6.45) is -0.269. The van der Waals surface area contributed by atoms with E-state index in [9.17, 15) is 9.59 Å². The molecule has 0 unspecified atom stereocenters. The molecule has 3 rings (SSSR count). The molecule has 2 aromatic carbocycles. The van der Waals surface area contributed by atoms with E-state index < -0.39 is 17.7 Å². The van der Waals surface area contributed by atoms with E-state index in [4.69, 9.17) is 27.9 Å². The topological polar surface area (TPSA) is 58.6 Å². The second kappa shape index (κ2) is 8.25. The molecule has 2 atom stereocenters. The van der Waals surface area contributed by atoms with Gasteiger partial charge in [-0.05, 0) is 57.0 Å². The maximum atomic E-state index is 13.4. The number of carbonyl (C=O) groups excluding carboxylic acids is 2. The summed E-state index contributed by atoms with van der Waals surface area (Å²) in [6.45, 7) is 7.23. The van der Waals surface area contributed by atoms with Crippen LogP contribution in [-0.2, 0) is 16.0 Å². The van der Waals surface area contributed by atoms with Crippen molar-refractivity contribution in [3.05, 3.63) is 63.6 Å². The molecule has 1 aliphatic rings. The van der Waals surface area contributed by atoms with E-state index in [0.29, 0.717) is 16.5 Å². The number of hydrogen-bond acceptors (Lipinski definition) is 3. The second-order valence-corrected chi connectivity index (χ2v) is 8.93. The molecular formula is C22H24Cl2N2O3. The zero-order valence-electron chi connectivity index (χ0n) is 16.8. The van der Waals surface area contributed by atoms with Crippen molar-refractivity contribution < 1.29 is 14.3 Å². The van der Waals surface area contributed by atoms with Crippen LogP contribution in [0.5, 0.6) is 0 Å². The summed E-state index contributed by atoms with van der Waals surface area (Å²) >= 11 is 12.6. The molecule has 0 fully saturated rings. The third kappa shape index (κ3) is 4.85. The molecule has 1 aliphatic heterocycles. The Morgan fingerprint density at radius 1 is 1.21 bits per heavy atom. The highest BCUT2D eigenvalue weighted by molar-refractivity contribution is 6.31. The minimum Gasteiger partial charge on any atom is -0.444 e. The number of fused-ring (bicyclic) bond motifs is 1. The number of hydrogen-bond donors (Lipinski definition) is 1. The van der Waals surface area contributed by atoms with Crippen LogP contribution < -0.4 is 10.2 Å². The second-order valence-electron chi connectivity index (χ2n) is 8.08. The fourth-order valence-corrected chi connectivity index (χ4v) is 3.90. The predicted octanol–water partition coefficient (Wildman–Crippen LogP) is 5.54. The molecule has 29 heavy (non-hydrogen) atoms. The average molecular weight is 435 g/mol. The lowest BCUT2D eigenvalue weighted by atomic mass is 9.94. The molecular weight excluding hydrogens is 411 g/mol. The summed E-state index contributed by atoms with van der Waals surface area (Å²) in [6, 6.07) is 11.7. The van der Waals surface area contributed by atoms with Crippen LogP contribution in [0.1, 0.15) is 44.9 Å². The first-order valence-corrected chi connectivity index (χ1v) is 10.2. The summed E-state index contributed by atoms with van der Waals surface area (Å²) in [5.74, 6) is -0.238. The van der Waals surface area contributed by atoms with E-state index in [-0.39, 0.29) is 11.9 Å². The number of anilines is 1. The maximum Gasteiger partial charge on any atom is 0.408 e. The first kappa shape index (κ1) is 21.5. The van der Waals surface area contributed by atoms with Crippen LogP contribution in [0.25, 0.3) is 0 Å². The van der Waals surface area contributed by atoms with Gasteiger partial charge in [0.05, 0.1) is 6.04 Å². The first-order valence-electron chi connectivity index (χ1n) is 9.42. The van der Waals surface area contributed by atoms with E-state index >= 15 is 0 Å². The van der Waals surface area contributed by atoms with E-state index in [1.165, 1.54) is 0 Å². The molecule has 7 heteroatoms. The zero-order chi connectivity index (χ0) is 21.3. The summed E-state index contributed by atoms with van der Waals surface area (Å²) in [5.41, 5.74) is 1.79. The normalized spacial score (nSPS) is 17.5. The van der Waals surface area contributed by atoms with Gasteiger partial charge in [0.15, 0.2) is 0 Å². The van der Waals surface area contributed by atoms with Gasteiger partial charge in [-0.1, -0.05) is 47.5 Å². The molecule has 5 nitrogen and oxygen atoms in total. The van der Waals surface area contributed by atoms with Gasteiger partial charge in [0.2, 0.25) is 0 Å². The summed E-state index contributed by atoms with van der Waals surface area (Å²) < 4.78 is 5.33. The highest BCUT2D eigenvalue weighted by Crippen LogP contribution is 2.38. The van der Waals surface area contributed by atoms with E-state index in [2.05, 4.69) is 5.32 Å². The van der Waals surface area contributed by atoms with Gasteiger partial charge >= 0.3 is 6.09 Å². The van der Waals surface area contributed by atoms with E-state index in [1.807, 2.05) is 31.2 Å². The molecule has 154 valence electrons. The lowest BCUT2D eigenvalue weighted by Gasteiger charge is -2.38. The largest absolute Gasteiger partial charge is 0.444 e. The Bertz CT molecular complexity index is 940. The molecule has 1 heterocycles. The highest BCUT2D eigenvalue weighted by Gasteiger charge is 2.38. The number of nitrogens with one attached hydrogen (secondary N) is 1. The number of alkyl carbamates (subject to hydrolysis) is 1. The molecule has 0 spiro atoms. The van der Waals surface area contributed by atoms with Gasteiger partial charge in [0, 0.05) is 22.2 Å². The number of amides is 2. The van der Waals surface area contributed by atoms with Gasteiger partial charge in [-0.2, -0.15) is 0 Å². The average Bonchev–Trinajstić information content (AvgIpc) is 2.61. The zero-order valence-corrected chi connectivity index (χ0v) is 18.3. The van der Waals surface area contributed by atoms with E-state index in [0.717, 1.165) is 16.8 Å². The lowest BCUT2D eigenvalue weighted by molar-refractivity contribution is -0.121. The quantitative estimate of drug-likeness (QED) is 0.689. The molecule has 0 aromatic heterocycles. The van der Waals surface area contributed by atoms with Crippen LogP contribution in [0.2, 0.25) is 10.0 Å². The van der Waals surface area contributed by atoms with Gasteiger partial charge in [-0.3, -0.25) is 4.79 Å². The Morgan fingerprint density at radius 3 is 2.55 bits per heavy atom. The number of carbonyl (C=O) groups is 2. The van der Waals surface area contributed by atoms with E-state index in [1.54, 1.807) is 43.9 Å². The third-order valence-corrected chi connectivity index (χ3v) is 5.28. The highest BCUT2D eigenvalue weighted by atomic mass is 35.5. The molecule has 0 bridgehead atoms. The van der Waals surface area contributed by atoms with Gasteiger partial charge in [0.1, 0.15) is 11.6 Å². The Labute approximate surface area is 180 Å². The summed E-state index contributed by atoms with van der Waals surface area (Å²) in [5, 5.41) is 3.82. The van der Waals surface area contributed by atoms with Gasteiger partial charge in [-0.25, -0.2) is 4.79 Å². The number of nitrogens with zero attached hydrogens (tertiary/aromatic N) is 1. The van der Waals surface area contributed by atoms with Gasteiger partial charge < -0.3 is 15.0 Å². The van der Waals surface area contributed by atoms with Crippen molar-refractivity contribution in [1.29, 1.82) is 0 Å². The Hall–Kier alpha value is -2.24. The van der Waals surface area contributed by atoms with Crippen molar-refractivity contribution in [2.45, 2.75) is 51.8 Å². The number of halogens is 2. The van der Waals surface area contributed by atoms with Crippen molar-refractivity contribution in [3.8, 4) is 0 Å². The molecule has 1 N–H and O–H groups in total. The first-order chi connectivity index (χ1) is 13.6. The van der Waals surface area contributed by atoms with Crippen molar-refractivity contribution in [2.24, 2.45) is 0 Å². The summed E-state index contributed by atoms with van der Waals surface area (Å²) in [7, 11) is 0. The fraction of sp³-hybridized carbons (Fsp3) is 0.364. The lowest BCUT2D eigenvalue weighted by Crippen LogP contribution is -2.54. The molecule has 2 amide bonds. The van der Waals surface area contributed by atoms with Crippen molar-refractivity contribution in [1.82, 2.24) is 5.32 Å². The smallest absolute Gasteiger partial charge is 0.408 e. The Morgan fingerprint density at radius 2 is 1.90 bits per heavy atom. The van der Waals surface area contributed by atoms with Crippen LogP contribution in [0.3, 0.4) is 0 Å². The van der Waals surface area contributed by atoms with Crippen LogP contribution in [0.4, 0.5) is 10.5 Å². The maximum absolute atomic E-state index is 13.4. The minimum absolute atomic E-state index is 0.238. The number of rotatable bonds is 3. The molecule has 2 aromatic rings. The van der Waals surface area contributed by atoms with Crippen molar-refractivity contribution >= 4 is 40.9 Å². The molecule has 0 saturated heterocycles. The monoisotopic (exact) mass is 434 g/mol. The summed E-state index contributed by atoms with van der Waals surface area (Å²) in [4.78, 5) is 27.3.